The van der Waals surface area contributed by atoms with Crippen LogP contribution in [0.5, 0.6) is 0 Å². The van der Waals surface area contributed by atoms with Crippen molar-refractivity contribution in [1.82, 2.24) is 19.7 Å². The zero-order valence-electron chi connectivity index (χ0n) is 13.2. The van der Waals surface area contributed by atoms with E-state index in [0.717, 1.165) is 12.8 Å². The third kappa shape index (κ3) is 4.07. The standard InChI is InChI=1S/C16H21N5O2/c1-20-15(17-12-18-20)19-16(22)21-9-10-23-14(11-21)8-7-13-5-3-2-4-6-13/h2-6,12,14H,7-11H2,1H3,(H,17,18,19,22)/t14-/m0/s1. The van der Waals surface area contributed by atoms with E-state index < -0.39 is 0 Å². The van der Waals surface area contributed by atoms with Crippen LogP contribution in [0, 0.1) is 0 Å². The second-order valence-corrected chi connectivity index (χ2v) is 5.60. The van der Waals surface area contributed by atoms with Gasteiger partial charge in [0.2, 0.25) is 5.95 Å². The Morgan fingerprint density at radius 1 is 1.39 bits per heavy atom. The van der Waals surface area contributed by atoms with Crippen LogP contribution in [0.1, 0.15) is 12.0 Å². The highest BCUT2D eigenvalue weighted by Crippen LogP contribution is 2.13. The second-order valence-electron chi connectivity index (χ2n) is 5.60. The van der Waals surface area contributed by atoms with Crippen molar-refractivity contribution >= 4 is 12.0 Å². The van der Waals surface area contributed by atoms with Crippen LogP contribution in [0.15, 0.2) is 36.7 Å². The van der Waals surface area contributed by atoms with Crippen molar-refractivity contribution < 1.29 is 9.53 Å². The Morgan fingerprint density at radius 3 is 2.96 bits per heavy atom. The first kappa shape index (κ1) is 15.5. The van der Waals surface area contributed by atoms with Gasteiger partial charge in [0.25, 0.3) is 0 Å². The number of ether oxygens (including phenoxy) is 1. The number of nitrogens with one attached hydrogen (secondary N) is 1. The molecule has 122 valence electrons. The number of carbonyl (C=O) groups is 1. The van der Waals surface area contributed by atoms with Crippen molar-refractivity contribution in [3.63, 3.8) is 0 Å². The molecule has 0 radical (unpaired) electrons. The van der Waals surface area contributed by atoms with Crippen LogP contribution < -0.4 is 5.32 Å². The molecule has 1 aromatic carbocycles. The maximum absolute atomic E-state index is 12.3. The first-order valence-electron chi connectivity index (χ1n) is 7.78. The van der Waals surface area contributed by atoms with E-state index in [1.807, 2.05) is 18.2 Å². The van der Waals surface area contributed by atoms with Crippen LogP contribution in [-0.4, -0.2) is 51.5 Å². The number of amides is 2. The number of benzene rings is 1. The third-order valence-electron chi connectivity index (χ3n) is 3.95. The van der Waals surface area contributed by atoms with Gasteiger partial charge in [-0.1, -0.05) is 30.3 Å². The van der Waals surface area contributed by atoms with Gasteiger partial charge in [-0.05, 0) is 18.4 Å². The van der Waals surface area contributed by atoms with Gasteiger partial charge in [0, 0.05) is 20.1 Å². The Morgan fingerprint density at radius 2 is 2.22 bits per heavy atom. The predicted octanol–water partition coefficient (Wildman–Crippen LogP) is 1.68. The molecule has 1 saturated heterocycles. The monoisotopic (exact) mass is 315 g/mol. The summed E-state index contributed by atoms with van der Waals surface area (Å²) in [5.74, 6) is 0.447. The lowest BCUT2D eigenvalue weighted by atomic mass is 10.1. The van der Waals surface area contributed by atoms with Gasteiger partial charge in [-0.3, -0.25) is 5.32 Å². The summed E-state index contributed by atoms with van der Waals surface area (Å²) in [4.78, 5) is 18.1. The average molecular weight is 315 g/mol. The molecule has 1 aromatic heterocycles. The fraction of sp³-hybridized carbons (Fsp3) is 0.438. The van der Waals surface area contributed by atoms with Crippen LogP contribution in [0.2, 0.25) is 0 Å². The minimum atomic E-state index is -0.158. The lowest BCUT2D eigenvalue weighted by molar-refractivity contribution is -0.0158. The van der Waals surface area contributed by atoms with Gasteiger partial charge in [-0.2, -0.15) is 10.1 Å². The zero-order chi connectivity index (χ0) is 16.1. The molecule has 1 atom stereocenters. The Kier molecular flexibility index (Phi) is 4.87. The minimum Gasteiger partial charge on any atom is -0.375 e. The number of morpholine rings is 1. The van der Waals surface area contributed by atoms with E-state index in [1.165, 1.54) is 16.6 Å². The summed E-state index contributed by atoms with van der Waals surface area (Å²) >= 11 is 0. The number of carbonyl (C=O) groups excluding carboxylic acids is 1. The zero-order valence-corrected chi connectivity index (χ0v) is 13.2. The number of rotatable bonds is 4. The molecule has 1 aliphatic heterocycles. The van der Waals surface area contributed by atoms with E-state index in [1.54, 1.807) is 11.9 Å². The van der Waals surface area contributed by atoms with Crippen molar-refractivity contribution in [3.05, 3.63) is 42.2 Å². The molecule has 0 aliphatic carbocycles. The van der Waals surface area contributed by atoms with Crippen molar-refractivity contribution in [2.45, 2.75) is 18.9 Å². The van der Waals surface area contributed by atoms with Crippen molar-refractivity contribution in [3.8, 4) is 0 Å². The van der Waals surface area contributed by atoms with E-state index in [9.17, 15) is 4.79 Å². The average Bonchev–Trinajstić information content (AvgIpc) is 2.99. The Hall–Kier alpha value is -2.41. The van der Waals surface area contributed by atoms with E-state index in [0.29, 0.717) is 25.6 Å². The van der Waals surface area contributed by atoms with Crippen molar-refractivity contribution in [2.24, 2.45) is 7.05 Å². The lowest BCUT2D eigenvalue weighted by Gasteiger charge is -2.32. The summed E-state index contributed by atoms with van der Waals surface area (Å²) in [7, 11) is 1.74. The third-order valence-corrected chi connectivity index (χ3v) is 3.95. The first-order valence-corrected chi connectivity index (χ1v) is 7.78. The summed E-state index contributed by atoms with van der Waals surface area (Å²) in [5, 5.41) is 6.72. The van der Waals surface area contributed by atoms with Gasteiger partial charge < -0.3 is 9.64 Å². The first-order chi connectivity index (χ1) is 11.2. The van der Waals surface area contributed by atoms with Crippen LogP contribution in [-0.2, 0) is 18.2 Å². The summed E-state index contributed by atoms with van der Waals surface area (Å²) in [5.41, 5.74) is 1.29. The molecule has 1 N–H and O–H groups in total. The molecule has 7 heteroatoms. The topological polar surface area (TPSA) is 72.3 Å². The van der Waals surface area contributed by atoms with Gasteiger partial charge in [-0.15, -0.1) is 0 Å². The molecule has 0 saturated carbocycles. The quantitative estimate of drug-likeness (QED) is 0.932. The molecule has 1 aliphatic rings. The van der Waals surface area contributed by atoms with Crippen LogP contribution in [0.4, 0.5) is 10.7 Å². The van der Waals surface area contributed by atoms with Crippen LogP contribution in [0.25, 0.3) is 0 Å². The fourth-order valence-electron chi connectivity index (χ4n) is 2.63. The molecule has 0 spiro atoms. The Balaban J connectivity index is 1.51. The molecule has 0 unspecified atom stereocenters. The Bertz CT molecular complexity index is 643. The van der Waals surface area contributed by atoms with Gasteiger partial charge in [0.15, 0.2) is 0 Å². The van der Waals surface area contributed by atoms with E-state index in [4.69, 9.17) is 4.74 Å². The van der Waals surface area contributed by atoms with Crippen molar-refractivity contribution in [2.75, 3.05) is 25.0 Å². The predicted molar refractivity (Wildman–Crippen MR) is 86.1 cm³/mol. The highest BCUT2D eigenvalue weighted by Gasteiger charge is 2.24. The molecule has 0 bridgehead atoms. The molecule has 7 nitrogen and oxygen atoms in total. The minimum absolute atomic E-state index is 0.0641. The van der Waals surface area contributed by atoms with Gasteiger partial charge in [-0.25, -0.2) is 9.48 Å². The number of anilines is 1. The lowest BCUT2D eigenvalue weighted by Crippen LogP contribution is -2.47. The molecule has 2 heterocycles. The number of hydrogen-bond donors (Lipinski definition) is 1. The molecule has 23 heavy (non-hydrogen) atoms. The summed E-state index contributed by atoms with van der Waals surface area (Å²) < 4.78 is 7.32. The SMILES string of the molecule is Cn1ncnc1NC(=O)N1CCO[C@@H](CCc2ccccc2)C1. The summed E-state index contributed by atoms with van der Waals surface area (Å²) in [6.45, 7) is 1.74. The molecule has 2 aromatic rings. The maximum atomic E-state index is 12.3. The highest BCUT2D eigenvalue weighted by molar-refractivity contribution is 5.87. The number of aryl methyl sites for hydroxylation is 2. The molecular weight excluding hydrogens is 294 g/mol. The smallest absolute Gasteiger partial charge is 0.324 e. The van der Waals surface area contributed by atoms with Crippen molar-refractivity contribution in [1.29, 1.82) is 0 Å². The van der Waals surface area contributed by atoms with Gasteiger partial charge in [0.1, 0.15) is 6.33 Å². The normalized spacial score (nSPS) is 18.0. The molecule has 3 rings (SSSR count). The Labute approximate surface area is 135 Å². The number of aromatic nitrogens is 3. The van der Waals surface area contributed by atoms with Gasteiger partial charge >= 0.3 is 6.03 Å². The molecule has 2 amide bonds. The number of hydrogen-bond acceptors (Lipinski definition) is 4. The van der Waals surface area contributed by atoms with E-state index >= 15 is 0 Å². The second kappa shape index (κ2) is 7.23. The molecular formula is C16H21N5O2. The number of urea groups is 1. The molecule has 1 fully saturated rings. The summed E-state index contributed by atoms with van der Waals surface area (Å²) in [6.07, 6.45) is 3.33. The van der Waals surface area contributed by atoms with E-state index in [2.05, 4.69) is 27.5 Å². The van der Waals surface area contributed by atoms with E-state index in [-0.39, 0.29) is 12.1 Å². The van der Waals surface area contributed by atoms with Gasteiger partial charge in [0.05, 0.1) is 12.7 Å². The highest BCUT2D eigenvalue weighted by atomic mass is 16.5. The maximum Gasteiger partial charge on any atom is 0.324 e. The summed E-state index contributed by atoms with van der Waals surface area (Å²) in [6, 6.07) is 10.2. The van der Waals surface area contributed by atoms with Crippen LogP contribution >= 0.6 is 0 Å². The van der Waals surface area contributed by atoms with Crippen LogP contribution in [0.3, 0.4) is 0 Å². The largest absolute Gasteiger partial charge is 0.375 e. The fourth-order valence-corrected chi connectivity index (χ4v) is 2.63. The number of nitrogens with zero attached hydrogens (tertiary/aromatic N) is 4.